The number of benzene rings is 3. The number of hydrogen-bond acceptors (Lipinski definition) is 5. The van der Waals surface area contributed by atoms with Crippen molar-refractivity contribution in [3.63, 3.8) is 0 Å². The second-order valence-electron chi connectivity index (χ2n) is 11.3. The van der Waals surface area contributed by atoms with Crippen molar-refractivity contribution in [2.24, 2.45) is 13.0 Å². The van der Waals surface area contributed by atoms with E-state index in [0.717, 1.165) is 27.6 Å². The van der Waals surface area contributed by atoms with Gasteiger partial charge in [0.25, 0.3) is 5.91 Å². The minimum absolute atomic E-state index is 0.103. The predicted octanol–water partition coefficient (Wildman–Crippen LogP) is 4.83. The molecule has 1 aromatic heterocycles. The van der Waals surface area contributed by atoms with Crippen molar-refractivity contribution in [3.05, 3.63) is 89.6 Å². The minimum Gasteiger partial charge on any atom is -0.394 e. The Bertz CT molecular complexity index is 1710. The minimum atomic E-state index is -3.78. The summed E-state index contributed by atoms with van der Waals surface area (Å²) in [5.74, 6) is -0.436. The smallest absolute Gasteiger partial charge is 0.271 e. The summed E-state index contributed by atoms with van der Waals surface area (Å²) in [5, 5.41) is 11.2. The normalized spacial score (nSPS) is 18.9. The highest BCUT2D eigenvalue weighted by molar-refractivity contribution is 7.89. The number of fused-ring (bicyclic) bond motifs is 5. The Morgan fingerprint density at radius 3 is 2.45 bits per heavy atom. The van der Waals surface area contributed by atoms with E-state index >= 15 is 0 Å². The van der Waals surface area contributed by atoms with E-state index < -0.39 is 22.2 Å². The molecule has 5 rings (SSSR count). The lowest BCUT2D eigenvalue weighted by molar-refractivity contribution is -0.0147. The summed E-state index contributed by atoms with van der Waals surface area (Å²) >= 11 is 0. The van der Waals surface area contributed by atoms with E-state index in [2.05, 4.69) is 0 Å². The Morgan fingerprint density at radius 2 is 1.71 bits per heavy atom. The van der Waals surface area contributed by atoms with Gasteiger partial charge in [-0.2, -0.15) is 4.31 Å². The number of aliphatic hydroxyl groups is 1. The molecule has 1 aliphatic heterocycles. The molecule has 1 amide bonds. The van der Waals surface area contributed by atoms with E-state index in [9.17, 15) is 18.3 Å². The summed E-state index contributed by atoms with van der Waals surface area (Å²) in [6.45, 7) is 6.00. The van der Waals surface area contributed by atoms with E-state index in [1.54, 1.807) is 37.1 Å². The van der Waals surface area contributed by atoms with E-state index in [1.165, 1.54) is 4.31 Å². The van der Waals surface area contributed by atoms with Crippen LogP contribution in [0.5, 0.6) is 0 Å². The monoisotopic (exact) mass is 589 g/mol. The molecule has 0 saturated carbocycles. The number of nitrogens with zero attached hydrogens (tertiary/aromatic N) is 3. The number of hydrogen-bond donors (Lipinski definition) is 1. The molecule has 0 unspecified atom stereocenters. The van der Waals surface area contributed by atoms with Crippen molar-refractivity contribution in [3.8, 4) is 11.1 Å². The zero-order valence-corrected chi connectivity index (χ0v) is 25.6. The molecular formula is C33H39N3O5S. The number of rotatable bonds is 6. The van der Waals surface area contributed by atoms with Crippen molar-refractivity contribution in [2.45, 2.75) is 44.4 Å². The van der Waals surface area contributed by atoms with Crippen molar-refractivity contribution >= 4 is 26.8 Å². The molecule has 3 aromatic carbocycles. The topological polar surface area (TPSA) is 92.1 Å². The SMILES string of the molecule is Cc1ccccc1S(=O)(=O)N(C)C[C@@H]1OCc2ccccc2-c2c(n(C)c3ccccc23)C(=O)N([C@H](C)CO)C[C@@H]1C. The maximum absolute atomic E-state index is 14.5. The quantitative estimate of drug-likeness (QED) is 0.348. The van der Waals surface area contributed by atoms with E-state index in [1.807, 2.05) is 80.1 Å². The first-order chi connectivity index (χ1) is 20.1. The summed E-state index contributed by atoms with van der Waals surface area (Å²) in [4.78, 5) is 16.4. The fraction of sp³-hybridized carbons (Fsp3) is 0.364. The van der Waals surface area contributed by atoms with Crippen molar-refractivity contribution < 1.29 is 23.1 Å². The van der Waals surface area contributed by atoms with Gasteiger partial charge in [0.15, 0.2) is 0 Å². The van der Waals surface area contributed by atoms with Gasteiger partial charge in [0.2, 0.25) is 10.0 Å². The van der Waals surface area contributed by atoms with Crippen LogP contribution in [0.3, 0.4) is 0 Å². The van der Waals surface area contributed by atoms with Crippen LogP contribution in [0.25, 0.3) is 22.0 Å². The Morgan fingerprint density at radius 1 is 1.05 bits per heavy atom. The number of para-hydroxylation sites is 1. The van der Waals surface area contributed by atoms with Crippen LogP contribution < -0.4 is 0 Å². The van der Waals surface area contributed by atoms with E-state index in [0.29, 0.717) is 11.3 Å². The maximum atomic E-state index is 14.5. The summed E-state index contributed by atoms with van der Waals surface area (Å²) in [5.41, 5.74) is 4.80. The van der Waals surface area contributed by atoms with Gasteiger partial charge in [0, 0.05) is 49.6 Å². The molecule has 2 heterocycles. The molecular weight excluding hydrogens is 550 g/mol. The number of aromatic nitrogens is 1. The van der Waals surface area contributed by atoms with Gasteiger partial charge < -0.3 is 19.3 Å². The van der Waals surface area contributed by atoms with Crippen LogP contribution in [0.15, 0.2) is 77.7 Å². The highest BCUT2D eigenvalue weighted by Gasteiger charge is 2.35. The Labute approximate surface area is 248 Å². The summed E-state index contributed by atoms with van der Waals surface area (Å²) < 4.78 is 37.0. The zero-order chi connectivity index (χ0) is 30.2. The standard InChI is InChI=1S/C33H39N3O5S/c1-22-12-6-11-17-30(22)42(39,40)34(4)19-29-23(2)18-36(24(3)20-37)33(38)32-31(26-14-8-7-13-25(26)21-41-29)27-15-9-10-16-28(27)35(32)5/h6-17,23-24,29,37H,18-21H2,1-5H3/t23-,24+,29-/m0/s1. The number of aryl methyl sites for hydroxylation is 2. The first-order valence-corrected chi connectivity index (χ1v) is 15.7. The summed E-state index contributed by atoms with van der Waals surface area (Å²) in [7, 11) is -0.310. The molecule has 0 spiro atoms. The third-order valence-corrected chi connectivity index (χ3v) is 10.4. The molecule has 42 heavy (non-hydrogen) atoms. The van der Waals surface area contributed by atoms with Gasteiger partial charge in [-0.1, -0.05) is 67.6 Å². The van der Waals surface area contributed by atoms with Gasteiger partial charge in [-0.25, -0.2) is 8.42 Å². The first-order valence-electron chi connectivity index (χ1n) is 14.3. The number of aliphatic hydroxyl groups excluding tert-OH is 1. The lowest BCUT2D eigenvalue weighted by atomic mass is 9.96. The molecule has 1 aliphatic rings. The number of sulfonamides is 1. The highest BCUT2D eigenvalue weighted by Crippen LogP contribution is 2.38. The van der Waals surface area contributed by atoms with Crippen molar-refractivity contribution in [1.29, 1.82) is 0 Å². The van der Waals surface area contributed by atoms with Gasteiger partial charge >= 0.3 is 0 Å². The van der Waals surface area contributed by atoms with Crippen LogP contribution >= 0.6 is 0 Å². The predicted molar refractivity (Wildman–Crippen MR) is 165 cm³/mol. The Hall–Kier alpha value is -3.50. The number of carbonyl (C=O) groups is 1. The third-order valence-electron chi connectivity index (χ3n) is 8.44. The van der Waals surface area contributed by atoms with Crippen LogP contribution in [0.1, 0.15) is 35.5 Å². The molecule has 8 nitrogen and oxygen atoms in total. The van der Waals surface area contributed by atoms with Crippen LogP contribution in [0, 0.1) is 12.8 Å². The zero-order valence-electron chi connectivity index (χ0n) is 24.8. The summed E-state index contributed by atoms with van der Waals surface area (Å²) in [6, 6.07) is 22.3. The number of ether oxygens (including phenoxy) is 1. The highest BCUT2D eigenvalue weighted by atomic mass is 32.2. The molecule has 9 heteroatoms. The van der Waals surface area contributed by atoms with Crippen LogP contribution in [-0.4, -0.2) is 72.1 Å². The molecule has 0 radical (unpaired) electrons. The third kappa shape index (κ3) is 5.38. The lowest BCUT2D eigenvalue weighted by Gasteiger charge is -2.35. The number of likely N-dealkylation sites (N-methyl/N-ethyl adjacent to an activating group) is 1. The largest absolute Gasteiger partial charge is 0.394 e. The van der Waals surface area contributed by atoms with Crippen LogP contribution in [0.2, 0.25) is 0 Å². The van der Waals surface area contributed by atoms with Gasteiger partial charge in [-0.05, 0) is 42.7 Å². The average Bonchev–Trinajstić information content (AvgIpc) is 3.28. The van der Waals surface area contributed by atoms with Gasteiger partial charge in [-0.3, -0.25) is 4.79 Å². The number of carbonyl (C=O) groups excluding carboxylic acids is 1. The average molecular weight is 590 g/mol. The van der Waals surface area contributed by atoms with Crippen molar-refractivity contribution in [1.82, 2.24) is 13.8 Å². The van der Waals surface area contributed by atoms with Gasteiger partial charge in [0.05, 0.1) is 30.3 Å². The summed E-state index contributed by atoms with van der Waals surface area (Å²) in [6.07, 6.45) is -0.527. The maximum Gasteiger partial charge on any atom is 0.271 e. The molecule has 1 N–H and O–H groups in total. The fourth-order valence-corrected chi connectivity index (χ4v) is 7.30. The Balaban J connectivity index is 1.61. The van der Waals surface area contributed by atoms with Gasteiger partial charge in [-0.15, -0.1) is 0 Å². The second-order valence-corrected chi connectivity index (χ2v) is 13.3. The lowest BCUT2D eigenvalue weighted by Crippen LogP contribution is -2.48. The fourth-order valence-electron chi connectivity index (χ4n) is 5.89. The number of amides is 1. The van der Waals surface area contributed by atoms with Crippen molar-refractivity contribution in [2.75, 3.05) is 26.7 Å². The molecule has 0 bridgehead atoms. The molecule has 3 atom stereocenters. The van der Waals surface area contributed by atoms with Crippen LogP contribution in [0.4, 0.5) is 0 Å². The van der Waals surface area contributed by atoms with E-state index in [4.69, 9.17) is 4.74 Å². The first kappa shape index (κ1) is 30.0. The van der Waals surface area contributed by atoms with Crippen LogP contribution in [-0.2, 0) is 28.4 Å². The van der Waals surface area contributed by atoms with Gasteiger partial charge in [0.1, 0.15) is 5.69 Å². The second kappa shape index (κ2) is 12.0. The molecule has 4 aromatic rings. The molecule has 0 saturated heterocycles. The molecule has 0 aliphatic carbocycles. The Kier molecular flexibility index (Phi) is 8.57. The molecule has 222 valence electrons. The van der Waals surface area contributed by atoms with E-state index in [-0.39, 0.29) is 43.0 Å². The molecule has 0 fully saturated rings.